The molecule has 5 nitrogen and oxygen atoms in total. The van der Waals surface area contributed by atoms with E-state index in [0.717, 1.165) is 18.9 Å². The predicted octanol–water partition coefficient (Wildman–Crippen LogP) is 1.41. The zero-order valence-corrected chi connectivity index (χ0v) is 10.8. The highest BCUT2D eigenvalue weighted by molar-refractivity contribution is 5.29. The summed E-state index contributed by atoms with van der Waals surface area (Å²) in [5.74, 6) is 2.20. The molecule has 0 aliphatic carbocycles. The summed E-state index contributed by atoms with van der Waals surface area (Å²) in [4.78, 5) is 2.51. The molecule has 3 saturated heterocycles. The van der Waals surface area contributed by atoms with E-state index in [2.05, 4.69) is 10.1 Å². The van der Waals surface area contributed by atoms with Gasteiger partial charge in [-0.1, -0.05) is 5.16 Å². The van der Waals surface area contributed by atoms with Gasteiger partial charge in [-0.3, -0.25) is 0 Å². The molecule has 1 aromatic rings. The molecule has 0 radical (unpaired) electrons. The van der Waals surface area contributed by atoms with Crippen LogP contribution >= 0.6 is 0 Å². The second kappa shape index (κ2) is 4.90. The Hall–Kier alpha value is -1.07. The van der Waals surface area contributed by atoms with E-state index in [1.165, 1.54) is 25.9 Å². The third-order valence-electron chi connectivity index (χ3n) is 4.32. The van der Waals surface area contributed by atoms with Crippen molar-refractivity contribution in [2.24, 2.45) is 11.8 Å². The quantitative estimate of drug-likeness (QED) is 0.878. The van der Waals surface area contributed by atoms with E-state index in [1.54, 1.807) is 7.11 Å². The minimum absolute atomic E-state index is 0.188. The van der Waals surface area contributed by atoms with Crippen molar-refractivity contribution in [1.82, 2.24) is 10.1 Å². The van der Waals surface area contributed by atoms with Crippen LogP contribution in [0.2, 0.25) is 0 Å². The van der Waals surface area contributed by atoms with Gasteiger partial charge in [-0.25, -0.2) is 0 Å². The summed E-state index contributed by atoms with van der Waals surface area (Å²) in [6.07, 6.45) is 3.36. The van der Waals surface area contributed by atoms with Gasteiger partial charge in [0.2, 0.25) is 0 Å². The molecule has 1 N–H and O–H groups in total. The van der Waals surface area contributed by atoms with Crippen molar-refractivity contribution in [3.05, 3.63) is 11.5 Å². The number of rotatable bonds is 4. The van der Waals surface area contributed by atoms with Crippen molar-refractivity contribution in [1.29, 1.82) is 0 Å². The molecule has 4 rings (SSSR count). The minimum atomic E-state index is 0.188. The maximum Gasteiger partial charge on any atom is 0.184 e. The maximum absolute atomic E-state index is 10.0. The summed E-state index contributed by atoms with van der Waals surface area (Å²) in [7, 11) is 1.58. The number of piperidine rings is 3. The second-order valence-corrected chi connectivity index (χ2v) is 5.44. The molecule has 18 heavy (non-hydrogen) atoms. The van der Waals surface area contributed by atoms with Crippen molar-refractivity contribution in [2.75, 3.05) is 26.7 Å². The van der Waals surface area contributed by atoms with Gasteiger partial charge in [-0.15, -0.1) is 0 Å². The van der Waals surface area contributed by atoms with Gasteiger partial charge in [0, 0.05) is 20.1 Å². The Morgan fingerprint density at radius 2 is 2.22 bits per heavy atom. The number of ether oxygens (including phenoxy) is 1. The van der Waals surface area contributed by atoms with E-state index in [1.807, 2.05) is 0 Å². The van der Waals surface area contributed by atoms with Crippen LogP contribution in [0, 0.1) is 11.8 Å². The highest BCUT2D eigenvalue weighted by Gasteiger charge is 2.35. The van der Waals surface area contributed by atoms with Crippen LogP contribution in [0.3, 0.4) is 0 Å². The van der Waals surface area contributed by atoms with Crippen LogP contribution < -0.4 is 0 Å². The average Bonchev–Trinajstić information content (AvgIpc) is 2.74. The lowest BCUT2D eigenvalue weighted by Crippen LogP contribution is -2.47. The SMILES string of the molecule is COCc1noc(CC2CN3CCC2CC3)c1O. The largest absolute Gasteiger partial charge is 0.503 e. The zero-order valence-electron chi connectivity index (χ0n) is 10.8. The van der Waals surface area contributed by atoms with Crippen LogP contribution in [-0.4, -0.2) is 41.9 Å². The number of aromatic hydroxyl groups is 1. The van der Waals surface area contributed by atoms with Crippen molar-refractivity contribution in [3.8, 4) is 5.75 Å². The Balaban J connectivity index is 1.69. The van der Waals surface area contributed by atoms with E-state index in [9.17, 15) is 5.11 Å². The summed E-state index contributed by atoms with van der Waals surface area (Å²) >= 11 is 0. The summed E-state index contributed by atoms with van der Waals surface area (Å²) < 4.78 is 10.2. The molecule has 5 heteroatoms. The van der Waals surface area contributed by atoms with Gasteiger partial charge in [-0.2, -0.15) is 0 Å². The van der Waals surface area contributed by atoms with Crippen molar-refractivity contribution >= 4 is 0 Å². The Bertz CT molecular complexity index is 410. The van der Waals surface area contributed by atoms with E-state index in [0.29, 0.717) is 24.0 Å². The van der Waals surface area contributed by atoms with Gasteiger partial charge >= 0.3 is 0 Å². The maximum atomic E-state index is 10.0. The lowest BCUT2D eigenvalue weighted by atomic mass is 9.77. The second-order valence-electron chi connectivity index (χ2n) is 5.44. The fraction of sp³-hybridized carbons (Fsp3) is 0.769. The van der Waals surface area contributed by atoms with E-state index in [-0.39, 0.29) is 5.75 Å². The first kappa shape index (κ1) is 12.0. The smallest absolute Gasteiger partial charge is 0.184 e. The molecule has 3 aliphatic rings. The molecule has 0 aromatic carbocycles. The summed E-state index contributed by atoms with van der Waals surface area (Å²) in [6, 6.07) is 0. The third kappa shape index (κ3) is 2.12. The topological polar surface area (TPSA) is 58.7 Å². The van der Waals surface area contributed by atoms with Crippen LogP contribution in [0.25, 0.3) is 0 Å². The van der Waals surface area contributed by atoms with Crippen molar-refractivity contribution in [2.45, 2.75) is 25.9 Å². The van der Waals surface area contributed by atoms with Gasteiger partial charge in [0.25, 0.3) is 0 Å². The highest BCUT2D eigenvalue weighted by atomic mass is 16.5. The van der Waals surface area contributed by atoms with Crippen molar-refractivity contribution < 1.29 is 14.4 Å². The first-order valence-corrected chi connectivity index (χ1v) is 6.65. The normalized spacial score (nSPS) is 30.8. The number of fused-ring (bicyclic) bond motifs is 3. The molecule has 100 valence electrons. The number of hydrogen-bond acceptors (Lipinski definition) is 5. The van der Waals surface area contributed by atoms with E-state index < -0.39 is 0 Å². The lowest BCUT2D eigenvalue weighted by Gasteiger charge is -2.44. The zero-order chi connectivity index (χ0) is 12.5. The average molecular weight is 252 g/mol. The van der Waals surface area contributed by atoms with Gasteiger partial charge in [0.15, 0.2) is 17.2 Å². The molecule has 3 fully saturated rings. The Morgan fingerprint density at radius 1 is 1.44 bits per heavy atom. The minimum Gasteiger partial charge on any atom is -0.503 e. The number of nitrogens with zero attached hydrogens (tertiary/aromatic N) is 2. The molecule has 0 saturated carbocycles. The predicted molar refractivity (Wildman–Crippen MR) is 65.2 cm³/mol. The van der Waals surface area contributed by atoms with E-state index in [4.69, 9.17) is 9.26 Å². The molecular weight excluding hydrogens is 232 g/mol. The fourth-order valence-corrected chi connectivity index (χ4v) is 3.28. The highest BCUT2D eigenvalue weighted by Crippen LogP contribution is 2.36. The molecule has 2 bridgehead atoms. The molecule has 0 spiro atoms. The van der Waals surface area contributed by atoms with Crippen LogP contribution in [0.1, 0.15) is 24.3 Å². The fourth-order valence-electron chi connectivity index (χ4n) is 3.28. The van der Waals surface area contributed by atoms with Gasteiger partial charge in [0.05, 0.1) is 6.61 Å². The Morgan fingerprint density at radius 3 is 2.83 bits per heavy atom. The third-order valence-corrected chi connectivity index (χ3v) is 4.32. The molecule has 1 aromatic heterocycles. The van der Waals surface area contributed by atoms with Gasteiger partial charge in [-0.05, 0) is 37.8 Å². The first-order chi connectivity index (χ1) is 8.78. The monoisotopic (exact) mass is 252 g/mol. The number of hydrogen-bond donors (Lipinski definition) is 1. The summed E-state index contributed by atoms with van der Waals surface area (Å²) in [5.41, 5.74) is 0.508. The molecule has 0 amide bonds. The molecule has 3 aliphatic heterocycles. The number of methoxy groups -OCH3 is 1. The Kier molecular flexibility index (Phi) is 3.26. The van der Waals surface area contributed by atoms with Crippen LogP contribution in [0.4, 0.5) is 0 Å². The number of aromatic nitrogens is 1. The Labute approximate surface area is 107 Å². The summed E-state index contributed by atoms with van der Waals surface area (Å²) in [5, 5.41) is 13.9. The van der Waals surface area contributed by atoms with Crippen LogP contribution in [0.5, 0.6) is 5.75 Å². The van der Waals surface area contributed by atoms with Gasteiger partial charge < -0.3 is 19.3 Å². The van der Waals surface area contributed by atoms with Crippen molar-refractivity contribution in [3.63, 3.8) is 0 Å². The molecule has 1 unspecified atom stereocenters. The van der Waals surface area contributed by atoms with Crippen LogP contribution in [0.15, 0.2) is 4.52 Å². The molecule has 4 heterocycles. The van der Waals surface area contributed by atoms with E-state index >= 15 is 0 Å². The molecular formula is C13H20N2O3. The molecule has 1 atom stereocenters. The van der Waals surface area contributed by atoms with Gasteiger partial charge in [0.1, 0.15) is 0 Å². The first-order valence-electron chi connectivity index (χ1n) is 6.65. The summed E-state index contributed by atoms with van der Waals surface area (Å²) in [6.45, 7) is 3.90. The van der Waals surface area contributed by atoms with Crippen LogP contribution in [-0.2, 0) is 17.8 Å². The standard InChI is InChI=1S/C13H20N2O3/c1-17-8-11-13(16)12(18-14-11)6-10-7-15-4-2-9(10)3-5-15/h9-10,16H,2-8H2,1H3. The lowest BCUT2D eigenvalue weighted by molar-refractivity contribution is 0.0476.